The average molecular weight is 527 g/mol. The molecule has 164 valence electrons. The summed E-state index contributed by atoms with van der Waals surface area (Å²) in [7, 11) is 6.83. The number of halogens is 1. The van der Waals surface area contributed by atoms with Gasteiger partial charge in [0.15, 0.2) is 5.96 Å². The standard InChI is InChI=1S/C21H29N5O3.HI/c1-22-21(24-14-16-7-9-17(10-8-16)20(27)26(2)3)25-15-18-6-5-11-23-19(18)29-13-12-28-4;/h5-11H,12-15H2,1-4H3,(H2,22,24,25);1H. The Labute approximate surface area is 195 Å². The van der Waals surface area contributed by atoms with Crippen molar-refractivity contribution in [2.45, 2.75) is 13.1 Å². The van der Waals surface area contributed by atoms with Crippen LogP contribution in [0.1, 0.15) is 21.5 Å². The van der Waals surface area contributed by atoms with Crippen molar-refractivity contribution >= 4 is 35.8 Å². The number of amides is 1. The topological polar surface area (TPSA) is 88.1 Å². The number of nitrogens with zero attached hydrogens (tertiary/aromatic N) is 3. The summed E-state index contributed by atoms with van der Waals surface area (Å²) in [5, 5.41) is 6.52. The molecule has 8 nitrogen and oxygen atoms in total. The molecule has 1 heterocycles. The molecule has 0 fully saturated rings. The maximum atomic E-state index is 12.0. The van der Waals surface area contributed by atoms with Gasteiger partial charge in [-0.25, -0.2) is 4.98 Å². The predicted molar refractivity (Wildman–Crippen MR) is 129 cm³/mol. The molecular formula is C21H30IN5O3. The number of hydrogen-bond acceptors (Lipinski definition) is 5. The molecule has 0 atom stereocenters. The summed E-state index contributed by atoms with van der Waals surface area (Å²) in [5.41, 5.74) is 2.64. The molecule has 0 bridgehead atoms. The Morgan fingerprint density at radius 1 is 1.10 bits per heavy atom. The van der Waals surface area contributed by atoms with Crippen LogP contribution >= 0.6 is 24.0 Å². The fraction of sp³-hybridized carbons (Fsp3) is 0.381. The van der Waals surface area contributed by atoms with Gasteiger partial charge in [0.25, 0.3) is 5.91 Å². The quantitative estimate of drug-likeness (QED) is 0.225. The van der Waals surface area contributed by atoms with E-state index < -0.39 is 0 Å². The molecule has 2 N–H and O–H groups in total. The van der Waals surface area contributed by atoms with Gasteiger partial charge in [-0.15, -0.1) is 24.0 Å². The number of guanidine groups is 1. The molecule has 2 rings (SSSR count). The summed E-state index contributed by atoms with van der Waals surface area (Å²) in [6, 6.07) is 11.3. The van der Waals surface area contributed by atoms with Crippen LogP contribution in [-0.2, 0) is 17.8 Å². The molecule has 1 aromatic carbocycles. The predicted octanol–water partition coefficient (Wildman–Crippen LogP) is 2.29. The lowest BCUT2D eigenvalue weighted by molar-refractivity contribution is 0.0827. The molecule has 30 heavy (non-hydrogen) atoms. The van der Waals surface area contributed by atoms with Crippen LogP contribution in [0.15, 0.2) is 47.6 Å². The van der Waals surface area contributed by atoms with Crippen molar-refractivity contribution in [2.24, 2.45) is 4.99 Å². The zero-order valence-electron chi connectivity index (χ0n) is 17.8. The van der Waals surface area contributed by atoms with Crippen molar-refractivity contribution in [1.82, 2.24) is 20.5 Å². The third-order valence-electron chi connectivity index (χ3n) is 4.11. The van der Waals surface area contributed by atoms with Crippen molar-refractivity contribution in [3.63, 3.8) is 0 Å². The molecule has 0 aliphatic carbocycles. The van der Waals surface area contributed by atoms with Crippen LogP contribution in [0.4, 0.5) is 0 Å². The molecule has 0 aliphatic heterocycles. The Bertz CT molecular complexity index is 813. The summed E-state index contributed by atoms with van der Waals surface area (Å²) in [4.78, 5) is 22.0. The van der Waals surface area contributed by atoms with Crippen LogP contribution in [0, 0.1) is 0 Å². The normalized spacial score (nSPS) is 10.7. The number of benzene rings is 1. The molecule has 0 spiro atoms. The van der Waals surface area contributed by atoms with Gasteiger partial charge in [-0.2, -0.15) is 0 Å². The molecule has 1 aromatic heterocycles. The monoisotopic (exact) mass is 527 g/mol. The number of hydrogen-bond donors (Lipinski definition) is 2. The number of aromatic nitrogens is 1. The van der Waals surface area contributed by atoms with Gasteiger partial charge in [-0.3, -0.25) is 9.79 Å². The highest BCUT2D eigenvalue weighted by atomic mass is 127. The molecule has 0 radical (unpaired) electrons. The van der Waals surface area contributed by atoms with E-state index in [1.807, 2.05) is 36.4 Å². The smallest absolute Gasteiger partial charge is 0.253 e. The minimum atomic E-state index is -0.0121. The summed E-state index contributed by atoms with van der Waals surface area (Å²) in [6.07, 6.45) is 1.70. The molecule has 0 saturated heterocycles. The van der Waals surface area contributed by atoms with Crippen LogP contribution < -0.4 is 15.4 Å². The first-order chi connectivity index (χ1) is 14.0. The van der Waals surface area contributed by atoms with Crippen LogP contribution in [0.2, 0.25) is 0 Å². The van der Waals surface area contributed by atoms with Crippen LogP contribution in [0.25, 0.3) is 0 Å². The van der Waals surface area contributed by atoms with Gasteiger partial charge in [0.2, 0.25) is 5.88 Å². The highest BCUT2D eigenvalue weighted by molar-refractivity contribution is 14.0. The summed E-state index contributed by atoms with van der Waals surface area (Å²) < 4.78 is 10.7. The zero-order valence-corrected chi connectivity index (χ0v) is 20.2. The van der Waals surface area contributed by atoms with Crippen LogP contribution in [-0.4, -0.2) is 63.2 Å². The number of aliphatic imine (C=N–C) groups is 1. The minimum Gasteiger partial charge on any atom is -0.475 e. The van der Waals surface area contributed by atoms with Gasteiger partial charge >= 0.3 is 0 Å². The second-order valence-electron chi connectivity index (χ2n) is 6.48. The van der Waals surface area contributed by atoms with Crippen molar-refractivity contribution in [3.05, 3.63) is 59.3 Å². The second-order valence-corrected chi connectivity index (χ2v) is 6.48. The molecular weight excluding hydrogens is 497 g/mol. The molecule has 1 amide bonds. The largest absolute Gasteiger partial charge is 0.475 e. The van der Waals surface area contributed by atoms with Gasteiger partial charge in [-0.1, -0.05) is 18.2 Å². The van der Waals surface area contributed by atoms with E-state index in [9.17, 15) is 4.79 Å². The second kappa shape index (κ2) is 13.8. The number of pyridine rings is 1. The first kappa shape index (κ1) is 25.6. The zero-order chi connectivity index (χ0) is 21.1. The Morgan fingerprint density at radius 2 is 1.80 bits per heavy atom. The number of carbonyl (C=O) groups is 1. The summed E-state index contributed by atoms with van der Waals surface area (Å²) >= 11 is 0. The average Bonchev–Trinajstić information content (AvgIpc) is 2.74. The summed E-state index contributed by atoms with van der Waals surface area (Å²) in [5.74, 6) is 1.22. The van der Waals surface area contributed by atoms with E-state index in [2.05, 4.69) is 20.6 Å². The van der Waals surface area contributed by atoms with E-state index in [0.29, 0.717) is 43.7 Å². The lowest BCUT2D eigenvalue weighted by Gasteiger charge is -2.14. The van der Waals surface area contributed by atoms with E-state index in [0.717, 1.165) is 11.1 Å². The van der Waals surface area contributed by atoms with Gasteiger partial charge in [0.1, 0.15) is 6.61 Å². The fourth-order valence-electron chi connectivity index (χ4n) is 2.52. The number of carbonyl (C=O) groups excluding carboxylic acids is 1. The van der Waals surface area contributed by atoms with Gasteiger partial charge in [0.05, 0.1) is 6.61 Å². The number of methoxy groups -OCH3 is 1. The molecule has 0 saturated carbocycles. The number of ether oxygens (including phenoxy) is 2. The SMILES string of the molecule is CN=C(NCc1ccc(C(=O)N(C)C)cc1)NCc1cccnc1OCCOC.I. The lowest BCUT2D eigenvalue weighted by Crippen LogP contribution is -2.36. The maximum absolute atomic E-state index is 12.0. The fourth-order valence-corrected chi connectivity index (χ4v) is 2.52. The van der Waals surface area contributed by atoms with Crippen molar-refractivity contribution in [1.29, 1.82) is 0 Å². The van der Waals surface area contributed by atoms with Gasteiger partial charge in [0, 0.05) is 58.7 Å². The van der Waals surface area contributed by atoms with E-state index in [1.54, 1.807) is 39.3 Å². The Balaban J connectivity index is 0.00000450. The van der Waals surface area contributed by atoms with Gasteiger partial charge in [-0.05, 0) is 23.8 Å². The Hall–Kier alpha value is -2.40. The first-order valence-corrected chi connectivity index (χ1v) is 9.36. The summed E-state index contributed by atoms with van der Waals surface area (Å²) in [6.45, 7) is 2.05. The third kappa shape index (κ3) is 8.15. The van der Waals surface area contributed by atoms with Crippen molar-refractivity contribution < 1.29 is 14.3 Å². The lowest BCUT2D eigenvalue weighted by atomic mass is 10.1. The van der Waals surface area contributed by atoms with E-state index in [1.165, 1.54) is 0 Å². The van der Waals surface area contributed by atoms with Gasteiger partial charge < -0.3 is 25.0 Å². The Morgan fingerprint density at radius 3 is 2.43 bits per heavy atom. The van der Waals surface area contributed by atoms with E-state index in [-0.39, 0.29) is 29.9 Å². The van der Waals surface area contributed by atoms with Crippen molar-refractivity contribution in [2.75, 3.05) is 41.5 Å². The minimum absolute atomic E-state index is 0. The van der Waals surface area contributed by atoms with Crippen molar-refractivity contribution in [3.8, 4) is 5.88 Å². The molecule has 0 aliphatic rings. The highest BCUT2D eigenvalue weighted by Crippen LogP contribution is 2.13. The van der Waals surface area contributed by atoms with E-state index in [4.69, 9.17) is 9.47 Å². The molecule has 2 aromatic rings. The van der Waals surface area contributed by atoms with E-state index >= 15 is 0 Å². The number of rotatable bonds is 9. The first-order valence-electron chi connectivity index (χ1n) is 9.36. The Kier molecular flexibility index (Phi) is 11.8. The number of nitrogens with one attached hydrogen (secondary N) is 2. The highest BCUT2D eigenvalue weighted by Gasteiger charge is 2.08. The van der Waals surface area contributed by atoms with Crippen LogP contribution in [0.3, 0.4) is 0 Å². The third-order valence-corrected chi connectivity index (χ3v) is 4.11. The maximum Gasteiger partial charge on any atom is 0.253 e. The molecule has 0 unspecified atom stereocenters. The van der Waals surface area contributed by atoms with Crippen LogP contribution in [0.5, 0.6) is 5.88 Å². The molecule has 9 heteroatoms.